The topological polar surface area (TPSA) is 23.6 Å². The number of halogens is 3. The molecule has 1 amide bonds. The average molecular weight is 364 g/mol. The largest absolute Gasteiger partial charge is 0.337 e. The van der Waals surface area contributed by atoms with Crippen LogP contribution in [0.25, 0.3) is 0 Å². The molecule has 110 valence electrons. The Bertz CT molecular complexity index is 466. The average Bonchev–Trinajstić information content (AvgIpc) is 2.63. The molecule has 1 aliphatic rings. The van der Waals surface area contributed by atoms with Gasteiger partial charge >= 0.3 is 0 Å². The third-order valence-electron chi connectivity index (χ3n) is 3.39. The highest BCUT2D eigenvalue weighted by Gasteiger charge is 2.20. The summed E-state index contributed by atoms with van der Waals surface area (Å²) in [6.45, 7) is 3.96. The zero-order chi connectivity index (χ0) is 14.5. The number of carbonyl (C=O) groups is 1. The van der Waals surface area contributed by atoms with Crippen LogP contribution in [0.2, 0.25) is 0 Å². The van der Waals surface area contributed by atoms with Crippen LogP contribution in [0.15, 0.2) is 22.7 Å². The fourth-order valence-electron chi connectivity index (χ4n) is 2.38. The van der Waals surface area contributed by atoms with Gasteiger partial charge in [0.25, 0.3) is 5.91 Å². The number of carbonyl (C=O) groups excluding carboxylic acids is 1. The van der Waals surface area contributed by atoms with Crippen molar-refractivity contribution >= 4 is 33.4 Å². The minimum atomic E-state index is -0.402. The molecular formula is C14H17BrClFN2O. The molecule has 0 N–H and O–H groups in total. The Morgan fingerprint density at radius 3 is 2.75 bits per heavy atom. The van der Waals surface area contributed by atoms with Gasteiger partial charge in [-0.1, -0.05) is 15.9 Å². The second-order valence-electron chi connectivity index (χ2n) is 4.83. The molecule has 20 heavy (non-hydrogen) atoms. The van der Waals surface area contributed by atoms with Crippen molar-refractivity contribution in [1.82, 2.24) is 9.80 Å². The Balaban J connectivity index is 2.05. The molecule has 0 atom stereocenters. The summed E-state index contributed by atoms with van der Waals surface area (Å²) in [5.74, 6) is 0.0874. The first kappa shape index (κ1) is 15.7. The maximum absolute atomic E-state index is 13.4. The van der Waals surface area contributed by atoms with E-state index in [9.17, 15) is 9.18 Å². The maximum atomic E-state index is 13.4. The van der Waals surface area contributed by atoms with Crippen molar-refractivity contribution in [3.63, 3.8) is 0 Å². The molecule has 1 saturated heterocycles. The summed E-state index contributed by atoms with van der Waals surface area (Å²) in [6, 6.07) is 4.29. The molecule has 1 aromatic carbocycles. The number of hydrogen-bond donors (Lipinski definition) is 0. The fourth-order valence-corrected chi connectivity index (χ4v) is 3.08. The molecule has 0 spiro atoms. The van der Waals surface area contributed by atoms with Gasteiger partial charge in [0.05, 0.1) is 0 Å². The van der Waals surface area contributed by atoms with Crippen LogP contribution in [-0.4, -0.2) is 54.3 Å². The van der Waals surface area contributed by atoms with E-state index in [1.54, 1.807) is 11.0 Å². The lowest BCUT2D eigenvalue weighted by Gasteiger charge is -2.21. The number of rotatable bonds is 3. The van der Waals surface area contributed by atoms with Gasteiger partial charge in [-0.25, -0.2) is 4.39 Å². The molecule has 1 heterocycles. The Kier molecular flexibility index (Phi) is 5.81. The highest BCUT2D eigenvalue weighted by atomic mass is 79.9. The molecule has 1 aliphatic heterocycles. The second kappa shape index (κ2) is 7.38. The van der Waals surface area contributed by atoms with E-state index in [4.69, 9.17) is 11.6 Å². The molecule has 1 aromatic rings. The minimum absolute atomic E-state index is 0.113. The van der Waals surface area contributed by atoms with Gasteiger partial charge in [-0.15, -0.1) is 11.6 Å². The van der Waals surface area contributed by atoms with Crippen LogP contribution in [0.3, 0.4) is 0 Å². The summed E-state index contributed by atoms with van der Waals surface area (Å²) in [5.41, 5.74) is 0.391. The molecule has 0 aliphatic carbocycles. The van der Waals surface area contributed by atoms with E-state index >= 15 is 0 Å². The van der Waals surface area contributed by atoms with Gasteiger partial charge in [0, 0.05) is 42.1 Å². The van der Waals surface area contributed by atoms with Gasteiger partial charge in [-0.2, -0.15) is 0 Å². The first-order chi connectivity index (χ1) is 9.60. The zero-order valence-corrected chi connectivity index (χ0v) is 13.5. The number of benzene rings is 1. The van der Waals surface area contributed by atoms with Crippen molar-refractivity contribution in [2.45, 2.75) is 6.42 Å². The van der Waals surface area contributed by atoms with Crippen LogP contribution in [0.1, 0.15) is 16.8 Å². The molecule has 2 rings (SSSR count). The molecule has 0 bridgehead atoms. The van der Waals surface area contributed by atoms with E-state index < -0.39 is 5.82 Å². The van der Waals surface area contributed by atoms with E-state index in [0.29, 0.717) is 29.0 Å². The normalized spacial score (nSPS) is 17.1. The summed E-state index contributed by atoms with van der Waals surface area (Å²) in [6.07, 6.45) is 0.916. The third-order valence-corrected chi connectivity index (χ3v) is 4.01. The molecule has 0 aromatic heterocycles. The summed E-state index contributed by atoms with van der Waals surface area (Å²) < 4.78 is 14.0. The van der Waals surface area contributed by atoms with Crippen molar-refractivity contribution in [1.29, 1.82) is 0 Å². The van der Waals surface area contributed by atoms with Crippen LogP contribution >= 0.6 is 27.5 Å². The van der Waals surface area contributed by atoms with Gasteiger partial charge in [0.2, 0.25) is 0 Å². The van der Waals surface area contributed by atoms with Crippen LogP contribution in [-0.2, 0) is 0 Å². The van der Waals surface area contributed by atoms with Crippen LogP contribution < -0.4 is 0 Å². The van der Waals surface area contributed by atoms with Gasteiger partial charge in [0.1, 0.15) is 5.82 Å². The second-order valence-corrected chi connectivity index (χ2v) is 6.13. The fraction of sp³-hybridized carbons (Fsp3) is 0.500. The van der Waals surface area contributed by atoms with Crippen LogP contribution in [0.5, 0.6) is 0 Å². The Morgan fingerprint density at radius 2 is 2.05 bits per heavy atom. The number of nitrogens with zero attached hydrogens (tertiary/aromatic N) is 2. The molecule has 0 saturated carbocycles. The van der Waals surface area contributed by atoms with Crippen molar-refractivity contribution in [2.24, 2.45) is 0 Å². The van der Waals surface area contributed by atoms with E-state index in [1.807, 2.05) is 0 Å². The highest BCUT2D eigenvalue weighted by Crippen LogP contribution is 2.17. The lowest BCUT2D eigenvalue weighted by molar-refractivity contribution is 0.0761. The Morgan fingerprint density at radius 1 is 1.25 bits per heavy atom. The van der Waals surface area contributed by atoms with E-state index in [2.05, 4.69) is 20.8 Å². The molecule has 0 radical (unpaired) electrons. The predicted octanol–water partition coefficient (Wildman–Crippen LogP) is 2.97. The lowest BCUT2D eigenvalue weighted by Crippen LogP contribution is -2.35. The molecule has 1 fully saturated rings. The van der Waals surface area contributed by atoms with Crippen molar-refractivity contribution < 1.29 is 9.18 Å². The highest BCUT2D eigenvalue weighted by molar-refractivity contribution is 9.10. The Hall–Kier alpha value is -0.650. The van der Waals surface area contributed by atoms with Gasteiger partial charge in [0.15, 0.2) is 0 Å². The Labute approximate surface area is 131 Å². The third kappa shape index (κ3) is 4.17. The number of alkyl halides is 1. The molecule has 6 heteroatoms. The molecule has 0 unspecified atom stereocenters. The lowest BCUT2D eigenvalue weighted by atomic mass is 10.2. The summed E-state index contributed by atoms with van der Waals surface area (Å²) in [5, 5.41) is 0. The van der Waals surface area contributed by atoms with Crippen molar-refractivity contribution in [2.75, 3.05) is 38.6 Å². The maximum Gasteiger partial charge on any atom is 0.254 e. The van der Waals surface area contributed by atoms with Gasteiger partial charge in [-0.3, -0.25) is 4.79 Å². The van der Waals surface area contributed by atoms with Crippen LogP contribution in [0, 0.1) is 5.82 Å². The summed E-state index contributed by atoms with van der Waals surface area (Å²) in [4.78, 5) is 16.5. The molecule has 3 nitrogen and oxygen atoms in total. The van der Waals surface area contributed by atoms with Crippen molar-refractivity contribution in [3.8, 4) is 0 Å². The van der Waals surface area contributed by atoms with Gasteiger partial charge in [-0.05, 0) is 31.2 Å². The summed E-state index contributed by atoms with van der Waals surface area (Å²) in [7, 11) is 0. The monoisotopic (exact) mass is 362 g/mol. The van der Waals surface area contributed by atoms with Gasteiger partial charge < -0.3 is 9.80 Å². The predicted molar refractivity (Wildman–Crippen MR) is 81.8 cm³/mol. The standard InChI is InChI=1S/C14H17BrClFN2O/c15-12-8-11(9-13(17)10-12)14(20)19-4-1-3-18(5-2-16)6-7-19/h8-10H,1-7H2. The SMILES string of the molecule is O=C(c1cc(F)cc(Br)c1)N1CCCN(CCCl)CC1. The zero-order valence-electron chi connectivity index (χ0n) is 11.1. The smallest absolute Gasteiger partial charge is 0.254 e. The number of hydrogen-bond acceptors (Lipinski definition) is 2. The number of amides is 1. The van der Waals surface area contributed by atoms with E-state index in [1.165, 1.54) is 12.1 Å². The first-order valence-electron chi connectivity index (χ1n) is 6.64. The van der Waals surface area contributed by atoms with E-state index in [0.717, 1.165) is 26.1 Å². The summed E-state index contributed by atoms with van der Waals surface area (Å²) >= 11 is 8.97. The first-order valence-corrected chi connectivity index (χ1v) is 7.96. The molecular weight excluding hydrogens is 347 g/mol. The van der Waals surface area contributed by atoms with E-state index in [-0.39, 0.29) is 5.91 Å². The van der Waals surface area contributed by atoms with Crippen molar-refractivity contribution in [3.05, 3.63) is 34.1 Å². The van der Waals surface area contributed by atoms with Crippen LogP contribution in [0.4, 0.5) is 4.39 Å². The minimum Gasteiger partial charge on any atom is -0.337 e. The quantitative estimate of drug-likeness (QED) is 0.771.